The highest BCUT2D eigenvalue weighted by molar-refractivity contribution is 6.05. The van der Waals surface area contributed by atoms with Crippen LogP contribution in [0, 0.1) is 11.6 Å². The maximum atomic E-state index is 14.4. The number of carboxylic acid groups (broad SMARTS) is 1. The van der Waals surface area contributed by atoms with E-state index in [0.717, 1.165) is 5.56 Å². The highest BCUT2D eigenvalue weighted by Gasteiger charge is 2.30. The van der Waals surface area contributed by atoms with Crippen LogP contribution < -0.4 is 10.1 Å². The molecule has 0 aliphatic heterocycles. The van der Waals surface area contributed by atoms with Crippen LogP contribution in [0.25, 0.3) is 22.3 Å². The van der Waals surface area contributed by atoms with Gasteiger partial charge in [-0.05, 0) is 74.1 Å². The van der Waals surface area contributed by atoms with E-state index in [1.54, 1.807) is 18.2 Å². The molecule has 4 rings (SSSR count). The number of aliphatic hydroxyl groups is 2. The second kappa shape index (κ2) is 15.0. The van der Waals surface area contributed by atoms with Gasteiger partial charge in [-0.3, -0.25) is 9.59 Å². The van der Waals surface area contributed by atoms with E-state index in [2.05, 4.69) is 5.32 Å². The van der Waals surface area contributed by atoms with Crippen LogP contribution in [0.4, 0.5) is 8.78 Å². The zero-order chi connectivity index (χ0) is 32.7. The SMILES string of the molecule is COc1ccc(CNC(=O)c2c(-c3ccccc3)c(-c3ccc(F)cc3)c(CC[C@@H](O)C[C@@H](O)CC(=O)O)n2C(C)C)cc1F. The lowest BCUT2D eigenvalue weighted by Gasteiger charge is -2.20. The Kier molecular flexibility index (Phi) is 11.1. The first-order valence-electron chi connectivity index (χ1n) is 14.8. The molecule has 0 spiro atoms. The van der Waals surface area contributed by atoms with Crippen LogP contribution in [-0.4, -0.2) is 51.1 Å². The molecule has 0 aliphatic rings. The third kappa shape index (κ3) is 8.14. The molecule has 0 radical (unpaired) electrons. The number of aliphatic carboxylic acids is 1. The number of nitrogens with zero attached hydrogens (tertiary/aromatic N) is 1. The summed E-state index contributed by atoms with van der Waals surface area (Å²) in [6, 6.07) is 19.5. The van der Waals surface area contributed by atoms with Crippen molar-refractivity contribution in [2.75, 3.05) is 7.11 Å². The van der Waals surface area contributed by atoms with Crippen LogP contribution in [0.1, 0.15) is 60.9 Å². The lowest BCUT2D eigenvalue weighted by Crippen LogP contribution is -2.27. The molecule has 0 fully saturated rings. The summed E-state index contributed by atoms with van der Waals surface area (Å²) >= 11 is 0. The van der Waals surface area contributed by atoms with Crippen molar-refractivity contribution in [3.63, 3.8) is 0 Å². The second-order valence-corrected chi connectivity index (χ2v) is 11.2. The average molecular weight is 621 g/mol. The van der Waals surface area contributed by atoms with Gasteiger partial charge in [0, 0.05) is 29.4 Å². The van der Waals surface area contributed by atoms with E-state index < -0.39 is 42.1 Å². The average Bonchev–Trinajstić information content (AvgIpc) is 3.35. The molecule has 0 saturated carbocycles. The van der Waals surface area contributed by atoms with Crippen LogP contribution in [0.5, 0.6) is 5.75 Å². The summed E-state index contributed by atoms with van der Waals surface area (Å²) in [6.07, 6.45) is -2.41. The third-order valence-corrected chi connectivity index (χ3v) is 7.57. The Bertz CT molecular complexity index is 1620. The van der Waals surface area contributed by atoms with E-state index in [1.165, 1.54) is 31.4 Å². The van der Waals surface area contributed by atoms with Crippen molar-refractivity contribution in [3.8, 4) is 28.0 Å². The van der Waals surface area contributed by atoms with E-state index in [0.29, 0.717) is 33.6 Å². The standard InChI is InChI=1S/C35H38F2N2O6/c1-21(2)39-29(15-14-26(40)18-27(41)19-31(42)43)32(24-10-12-25(36)13-11-24)33(23-7-5-4-6-8-23)34(39)35(44)38-20-22-9-16-30(45-3)28(37)17-22/h4-13,16-17,21,26-27,40-41H,14-15,18-20H2,1-3H3,(H,38,44)(H,42,43)/t26-,27-/m1/s1. The molecule has 1 amide bonds. The largest absolute Gasteiger partial charge is 0.494 e. The number of hydrogen-bond acceptors (Lipinski definition) is 5. The molecule has 0 saturated heterocycles. The Morgan fingerprint density at radius 2 is 1.58 bits per heavy atom. The predicted octanol–water partition coefficient (Wildman–Crippen LogP) is 6.14. The highest BCUT2D eigenvalue weighted by Crippen LogP contribution is 2.42. The number of aromatic nitrogens is 1. The van der Waals surface area contributed by atoms with Crippen molar-refractivity contribution in [3.05, 3.63) is 101 Å². The lowest BCUT2D eigenvalue weighted by atomic mass is 9.92. The van der Waals surface area contributed by atoms with E-state index >= 15 is 0 Å². The van der Waals surface area contributed by atoms with Gasteiger partial charge in [0.2, 0.25) is 0 Å². The number of benzene rings is 3. The third-order valence-electron chi connectivity index (χ3n) is 7.57. The van der Waals surface area contributed by atoms with Crippen molar-refractivity contribution >= 4 is 11.9 Å². The molecule has 0 bridgehead atoms. The second-order valence-electron chi connectivity index (χ2n) is 11.2. The van der Waals surface area contributed by atoms with Crippen LogP contribution in [0.3, 0.4) is 0 Å². The molecule has 4 aromatic rings. The molecule has 2 atom stereocenters. The Morgan fingerprint density at radius 3 is 2.18 bits per heavy atom. The van der Waals surface area contributed by atoms with Gasteiger partial charge in [-0.25, -0.2) is 8.78 Å². The topological polar surface area (TPSA) is 121 Å². The van der Waals surface area contributed by atoms with Gasteiger partial charge in [0.15, 0.2) is 11.6 Å². The molecule has 45 heavy (non-hydrogen) atoms. The zero-order valence-electron chi connectivity index (χ0n) is 25.5. The maximum absolute atomic E-state index is 14.4. The van der Waals surface area contributed by atoms with Crippen molar-refractivity contribution in [1.82, 2.24) is 9.88 Å². The minimum atomic E-state index is -1.21. The first-order chi connectivity index (χ1) is 21.5. The minimum Gasteiger partial charge on any atom is -0.494 e. The monoisotopic (exact) mass is 620 g/mol. The van der Waals surface area contributed by atoms with Gasteiger partial charge in [0.05, 0.1) is 25.7 Å². The van der Waals surface area contributed by atoms with Crippen molar-refractivity contribution < 1.29 is 38.4 Å². The Hall–Kier alpha value is -4.54. The Balaban J connectivity index is 1.83. The summed E-state index contributed by atoms with van der Waals surface area (Å²) in [7, 11) is 1.37. The number of amides is 1. The fourth-order valence-corrected chi connectivity index (χ4v) is 5.60. The van der Waals surface area contributed by atoms with Gasteiger partial charge < -0.3 is 29.9 Å². The number of carboxylic acids is 1. The van der Waals surface area contributed by atoms with Crippen molar-refractivity contribution in [2.45, 2.75) is 64.3 Å². The highest BCUT2D eigenvalue weighted by atomic mass is 19.1. The summed E-state index contributed by atoms with van der Waals surface area (Å²) in [5.41, 5.74) is 4.31. The molecule has 3 aromatic carbocycles. The zero-order valence-corrected chi connectivity index (χ0v) is 25.5. The smallest absolute Gasteiger partial charge is 0.305 e. The molecule has 0 aliphatic carbocycles. The number of hydrogen-bond donors (Lipinski definition) is 4. The number of rotatable bonds is 14. The number of ether oxygens (including phenoxy) is 1. The first-order valence-corrected chi connectivity index (χ1v) is 14.8. The van der Waals surface area contributed by atoms with Crippen LogP contribution in [-0.2, 0) is 17.8 Å². The minimum absolute atomic E-state index is 0.0403. The summed E-state index contributed by atoms with van der Waals surface area (Å²) in [4.78, 5) is 25.1. The maximum Gasteiger partial charge on any atom is 0.305 e. The molecule has 1 heterocycles. The molecular weight excluding hydrogens is 582 g/mol. The van der Waals surface area contributed by atoms with Crippen LogP contribution >= 0.6 is 0 Å². The van der Waals surface area contributed by atoms with Gasteiger partial charge in [0.25, 0.3) is 5.91 Å². The fourth-order valence-electron chi connectivity index (χ4n) is 5.60. The van der Waals surface area contributed by atoms with E-state index in [1.807, 2.05) is 48.7 Å². The number of aliphatic hydroxyl groups excluding tert-OH is 2. The lowest BCUT2D eigenvalue weighted by molar-refractivity contribution is -0.139. The van der Waals surface area contributed by atoms with E-state index in [-0.39, 0.29) is 37.6 Å². The van der Waals surface area contributed by atoms with Crippen LogP contribution in [0.15, 0.2) is 72.8 Å². The first kappa shape index (κ1) is 33.4. The van der Waals surface area contributed by atoms with Crippen LogP contribution in [0.2, 0.25) is 0 Å². The number of carbonyl (C=O) groups excluding carboxylic acids is 1. The summed E-state index contributed by atoms with van der Waals surface area (Å²) in [5, 5.41) is 32.8. The quantitative estimate of drug-likeness (QED) is 0.134. The number of halogens is 2. The predicted molar refractivity (Wildman–Crippen MR) is 167 cm³/mol. The van der Waals surface area contributed by atoms with Gasteiger partial charge in [0.1, 0.15) is 11.5 Å². The number of carbonyl (C=O) groups is 2. The van der Waals surface area contributed by atoms with Crippen molar-refractivity contribution in [2.24, 2.45) is 0 Å². The number of nitrogens with one attached hydrogen (secondary N) is 1. The number of methoxy groups -OCH3 is 1. The summed E-state index contributed by atoms with van der Waals surface area (Å²) in [5.74, 6) is -2.45. The Morgan fingerprint density at radius 1 is 0.911 bits per heavy atom. The fraction of sp³-hybridized carbons (Fsp3) is 0.314. The normalized spacial score (nSPS) is 12.6. The van der Waals surface area contributed by atoms with E-state index in [9.17, 15) is 28.6 Å². The summed E-state index contributed by atoms with van der Waals surface area (Å²) < 4.78 is 35.3. The molecule has 238 valence electrons. The molecule has 1 aromatic heterocycles. The molecular formula is C35H38F2N2O6. The molecule has 4 N–H and O–H groups in total. The van der Waals surface area contributed by atoms with Crippen molar-refractivity contribution in [1.29, 1.82) is 0 Å². The van der Waals surface area contributed by atoms with E-state index in [4.69, 9.17) is 9.84 Å². The molecule has 8 nitrogen and oxygen atoms in total. The molecule has 0 unspecified atom stereocenters. The molecule has 10 heteroatoms. The van der Waals surface area contributed by atoms with Gasteiger partial charge >= 0.3 is 5.97 Å². The van der Waals surface area contributed by atoms with Gasteiger partial charge in [-0.1, -0.05) is 48.5 Å². The van der Waals surface area contributed by atoms with Gasteiger partial charge in [-0.2, -0.15) is 0 Å². The van der Waals surface area contributed by atoms with Gasteiger partial charge in [-0.15, -0.1) is 0 Å². The Labute approximate surface area is 260 Å². The summed E-state index contributed by atoms with van der Waals surface area (Å²) in [6.45, 7) is 3.89.